The molecule has 3 nitrogen and oxygen atoms in total. The molecule has 2 atom stereocenters. The Morgan fingerprint density at radius 2 is 2.00 bits per heavy atom. The lowest BCUT2D eigenvalue weighted by Crippen LogP contribution is -2.57. The maximum Gasteiger partial charge on any atom is 0.391 e. The molecule has 0 saturated heterocycles. The zero-order valence-corrected chi connectivity index (χ0v) is 10.3. The van der Waals surface area contributed by atoms with Crippen LogP contribution in [0.25, 0.3) is 0 Å². The first-order chi connectivity index (χ1) is 8.37. The van der Waals surface area contributed by atoms with Gasteiger partial charge < -0.3 is 4.74 Å². The van der Waals surface area contributed by atoms with Crippen molar-refractivity contribution in [3.63, 3.8) is 0 Å². The van der Waals surface area contributed by atoms with Gasteiger partial charge in [-0.25, -0.2) is 0 Å². The molecule has 0 bridgehead atoms. The fourth-order valence-electron chi connectivity index (χ4n) is 2.74. The molecule has 0 aromatic carbocycles. The average molecular weight is 265 g/mol. The minimum Gasteiger partial charge on any atom is -0.468 e. The van der Waals surface area contributed by atoms with Gasteiger partial charge in [0.15, 0.2) is 0 Å². The summed E-state index contributed by atoms with van der Waals surface area (Å²) in [7, 11) is 1.23. The van der Waals surface area contributed by atoms with Crippen molar-refractivity contribution in [3.8, 4) is 0 Å². The number of esters is 1. The molecule has 2 unspecified atom stereocenters. The van der Waals surface area contributed by atoms with E-state index in [9.17, 15) is 18.0 Å². The molecule has 0 heterocycles. The Balaban J connectivity index is 2.14. The van der Waals surface area contributed by atoms with Gasteiger partial charge in [-0.3, -0.25) is 10.1 Å². The van der Waals surface area contributed by atoms with Crippen LogP contribution >= 0.6 is 0 Å². The third kappa shape index (κ3) is 2.79. The minimum absolute atomic E-state index is 0.106. The van der Waals surface area contributed by atoms with Crippen molar-refractivity contribution >= 4 is 5.97 Å². The summed E-state index contributed by atoms with van der Waals surface area (Å²) in [5, 5.41) is 3.08. The van der Waals surface area contributed by atoms with Crippen molar-refractivity contribution in [1.29, 1.82) is 0 Å². The second-order valence-electron chi connectivity index (χ2n) is 5.33. The number of hydrogen-bond donors (Lipinski definition) is 1. The van der Waals surface area contributed by atoms with Crippen molar-refractivity contribution in [2.45, 2.75) is 56.3 Å². The van der Waals surface area contributed by atoms with Gasteiger partial charge in [-0.1, -0.05) is 6.42 Å². The Hall–Kier alpha value is -0.780. The second kappa shape index (κ2) is 4.72. The van der Waals surface area contributed by atoms with E-state index in [1.54, 1.807) is 0 Å². The van der Waals surface area contributed by atoms with Crippen LogP contribution < -0.4 is 5.32 Å². The van der Waals surface area contributed by atoms with Gasteiger partial charge in [0.05, 0.1) is 13.0 Å². The summed E-state index contributed by atoms with van der Waals surface area (Å²) in [4.78, 5) is 11.9. The van der Waals surface area contributed by atoms with E-state index in [1.807, 2.05) is 0 Å². The van der Waals surface area contributed by atoms with Crippen molar-refractivity contribution in [2.24, 2.45) is 5.92 Å². The quantitative estimate of drug-likeness (QED) is 0.796. The van der Waals surface area contributed by atoms with Crippen molar-refractivity contribution in [3.05, 3.63) is 0 Å². The topological polar surface area (TPSA) is 38.3 Å². The van der Waals surface area contributed by atoms with Crippen LogP contribution in [0.15, 0.2) is 0 Å². The van der Waals surface area contributed by atoms with Crippen LogP contribution in [0, 0.1) is 5.92 Å². The number of alkyl halides is 3. The molecule has 0 spiro atoms. The number of carbonyl (C=O) groups is 1. The molecule has 2 saturated carbocycles. The van der Waals surface area contributed by atoms with Crippen LogP contribution in [-0.2, 0) is 9.53 Å². The Labute approximate surface area is 104 Å². The highest BCUT2D eigenvalue weighted by Crippen LogP contribution is 2.43. The largest absolute Gasteiger partial charge is 0.468 e. The molecule has 0 aromatic rings. The van der Waals surface area contributed by atoms with E-state index in [0.29, 0.717) is 12.8 Å². The van der Waals surface area contributed by atoms with Gasteiger partial charge in [-0.15, -0.1) is 0 Å². The van der Waals surface area contributed by atoms with Gasteiger partial charge in [0, 0.05) is 6.04 Å². The van der Waals surface area contributed by atoms with Crippen LogP contribution in [0.3, 0.4) is 0 Å². The molecule has 0 aromatic heterocycles. The zero-order chi connectivity index (χ0) is 13.4. The molecule has 0 aliphatic heterocycles. The molecule has 1 N–H and O–H groups in total. The van der Waals surface area contributed by atoms with E-state index in [0.717, 1.165) is 12.8 Å². The van der Waals surface area contributed by atoms with Crippen molar-refractivity contribution < 1.29 is 22.7 Å². The highest BCUT2D eigenvalue weighted by Gasteiger charge is 2.52. The zero-order valence-electron chi connectivity index (χ0n) is 10.3. The van der Waals surface area contributed by atoms with Gasteiger partial charge in [-0.05, 0) is 32.1 Å². The number of carbonyl (C=O) groups excluding carboxylic acids is 1. The first-order valence-corrected chi connectivity index (χ1v) is 6.30. The van der Waals surface area contributed by atoms with E-state index in [2.05, 4.69) is 5.32 Å². The van der Waals surface area contributed by atoms with Crippen LogP contribution in [0.5, 0.6) is 0 Å². The smallest absolute Gasteiger partial charge is 0.391 e. The summed E-state index contributed by atoms with van der Waals surface area (Å²) in [5.74, 6) is -1.96. The molecule has 0 amide bonds. The predicted octanol–water partition coefficient (Wildman–Crippen LogP) is 2.40. The Bertz CT molecular complexity index is 328. The highest BCUT2D eigenvalue weighted by molar-refractivity contribution is 5.81. The fraction of sp³-hybridized carbons (Fsp3) is 0.917. The second-order valence-corrected chi connectivity index (χ2v) is 5.33. The van der Waals surface area contributed by atoms with Gasteiger partial charge in [0.25, 0.3) is 0 Å². The fourth-order valence-corrected chi connectivity index (χ4v) is 2.74. The number of halogens is 3. The number of hydrogen-bond acceptors (Lipinski definition) is 3. The van der Waals surface area contributed by atoms with Crippen LogP contribution in [0.4, 0.5) is 13.2 Å². The van der Waals surface area contributed by atoms with Gasteiger partial charge in [-0.2, -0.15) is 13.2 Å². The molecule has 2 aliphatic rings. The summed E-state index contributed by atoms with van der Waals surface area (Å²) < 4.78 is 43.2. The summed E-state index contributed by atoms with van der Waals surface area (Å²) in [6.45, 7) is 0. The normalized spacial score (nSPS) is 33.2. The molecule has 2 fully saturated rings. The van der Waals surface area contributed by atoms with E-state index >= 15 is 0 Å². The molecular formula is C12H18F3NO2. The van der Waals surface area contributed by atoms with Crippen LogP contribution in [0.2, 0.25) is 0 Å². The Kier molecular flexibility index (Phi) is 3.58. The molecular weight excluding hydrogens is 247 g/mol. The molecule has 2 aliphatic carbocycles. The monoisotopic (exact) mass is 265 g/mol. The summed E-state index contributed by atoms with van der Waals surface area (Å²) in [6.07, 6.45) is -1.63. The molecule has 6 heteroatoms. The maximum absolute atomic E-state index is 12.8. The number of nitrogens with one attached hydrogen (secondary N) is 1. The van der Waals surface area contributed by atoms with E-state index < -0.39 is 23.6 Å². The SMILES string of the molecule is COC(=O)C1(NC2CC2)CCCC(C(F)(F)F)C1. The van der Waals surface area contributed by atoms with Crippen molar-refractivity contribution in [2.75, 3.05) is 7.11 Å². The summed E-state index contributed by atoms with van der Waals surface area (Å²) >= 11 is 0. The minimum atomic E-state index is -4.23. The van der Waals surface area contributed by atoms with E-state index in [4.69, 9.17) is 4.74 Å². The Morgan fingerprint density at radius 3 is 2.50 bits per heavy atom. The number of ether oxygens (including phenoxy) is 1. The standard InChI is InChI=1S/C12H18F3NO2/c1-18-10(17)11(16-9-4-5-9)6-2-3-8(7-11)12(13,14)15/h8-9,16H,2-7H2,1H3. The first kappa shape index (κ1) is 13.6. The Morgan fingerprint density at radius 1 is 1.33 bits per heavy atom. The number of methoxy groups -OCH3 is 1. The first-order valence-electron chi connectivity index (χ1n) is 6.30. The van der Waals surface area contributed by atoms with Gasteiger partial charge in [0.2, 0.25) is 0 Å². The van der Waals surface area contributed by atoms with Crippen LogP contribution in [0.1, 0.15) is 38.5 Å². The predicted molar refractivity (Wildman–Crippen MR) is 58.9 cm³/mol. The van der Waals surface area contributed by atoms with Gasteiger partial charge in [0.1, 0.15) is 5.54 Å². The lowest BCUT2D eigenvalue weighted by molar-refractivity contribution is -0.192. The molecule has 0 radical (unpaired) electrons. The van der Waals surface area contributed by atoms with E-state index in [-0.39, 0.29) is 18.9 Å². The molecule has 18 heavy (non-hydrogen) atoms. The van der Waals surface area contributed by atoms with E-state index in [1.165, 1.54) is 7.11 Å². The maximum atomic E-state index is 12.8. The molecule has 2 rings (SSSR count). The molecule has 104 valence electrons. The summed E-state index contributed by atoms with van der Waals surface area (Å²) in [5.41, 5.74) is -1.13. The third-order valence-corrected chi connectivity index (χ3v) is 3.85. The summed E-state index contributed by atoms with van der Waals surface area (Å²) in [6, 6.07) is 0.177. The van der Waals surface area contributed by atoms with Crippen LogP contribution in [-0.4, -0.2) is 30.8 Å². The lowest BCUT2D eigenvalue weighted by Gasteiger charge is -2.40. The lowest BCUT2D eigenvalue weighted by atomic mass is 9.75. The van der Waals surface area contributed by atoms with Crippen molar-refractivity contribution in [1.82, 2.24) is 5.32 Å². The third-order valence-electron chi connectivity index (χ3n) is 3.85. The van der Waals surface area contributed by atoms with Gasteiger partial charge >= 0.3 is 12.1 Å². The average Bonchev–Trinajstić information content (AvgIpc) is 3.11. The highest BCUT2D eigenvalue weighted by atomic mass is 19.4. The number of rotatable bonds is 3.